The fraction of sp³-hybridized carbons (Fsp3) is 0.375. The van der Waals surface area contributed by atoms with E-state index in [1.807, 2.05) is 0 Å². The standard InChI is InChI=1S/C16H14N2O5/c1-8-3-4-9(10(7-8)18(21)22)17-14(19)12-11-5-6-16(2,23-11)13(12)15(17)20/h3-7,11-13H,1-2H3/t11-,12-,13-,16-/m1/s1. The highest BCUT2D eigenvalue weighted by atomic mass is 16.6. The lowest BCUT2D eigenvalue weighted by molar-refractivity contribution is -0.384. The smallest absolute Gasteiger partial charge is 0.293 e. The summed E-state index contributed by atoms with van der Waals surface area (Å²) in [5.41, 5.74) is -0.320. The average Bonchev–Trinajstić information content (AvgIpc) is 3.09. The molecule has 0 aliphatic carbocycles. The van der Waals surface area contributed by atoms with E-state index in [1.165, 1.54) is 12.1 Å². The van der Waals surface area contributed by atoms with Gasteiger partial charge in [-0.25, -0.2) is 4.90 Å². The molecule has 23 heavy (non-hydrogen) atoms. The summed E-state index contributed by atoms with van der Waals surface area (Å²) in [5, 5.41) is 11.3. The minimum Gasteiger partial charge on any atom is -0.362 e. The molecule has 0 aromatic heterocycles. The van der Waals surface area contributed by atoms with Crippen molar-refractivity contribution < 1.29 is 19.2 Å². The van der Waals surface area contributed by atoms with Crippen molar-refractivity contribution in [3.8, 4) is 0 Å². The normalized spacial score (nSPS) is 34.3. The molecule has 7 heteroatoms. The zero-order chi connectivity index (χ0) is 16.5. The molecule has 118 valence electrons. The molecule has 2 saturated heterocycles. The highest BCUT2D eigenvalue weighted by molar-refractivity contribution is 6.24. The predicted octanol–water partition coefficient (Wildman–Crippen LogP) is 1.74. The number of carbonyl (C=O) groups excluding carboxylic acids is 2. The van der Waals surface area contributed by atoms with Gasteiger partial charge < -0.3 is 4.74 Å². The molecule has 3 aliphatic rings. The van der Waals surface area contributed by atoms with Crippen LogP contribution in [0.5, 0.6) is 0 Å². The molecule has 0 saturated carbocycles. The Morgan fingerprint density at radius 2 is 2.04 bits per heavy atom. The molecule has 0 unspecified atom stereocenters. The number of hydrogen-bond donors (Lipinski definition) is 0. The number of hydrogen-bond acceptors (Lipinski definition) is 5. The zero-order valence-corrected chi connectivity index (χ0v) is 12.6. The monoisotopic (exact) mass is 314 g/mol. The van der Waals surface area contributed by atoms with Gasteiger partial charge in [-0.2, -0.15) is 0 Å². The Morgan fingerprint density at radius 1 is 1.30 bits per heavy atom. The number of rotatable bonds is 2. The van der Waals surface area contributed by atoms with E-state index in [4.69, 9.17) is 4.74 Å². The third kappa shape index (κ3) is 1.68. The van der Waals surface area contributed by atoms with Crippen molar-refractivity contribution in [1.29, 1.82) is 0 Å². The summed E-state index contributed by atoms with van der Waals surface area (Å²) < 4.78 is 5.74. The molecule has 1 aromatic rings. The van der Waals surface area contributed by atoms with Crippen LogP contribution in [-0.2, 0) is 14.3 Å². The molecule has 2 amide bonds. The molecule has 2 fully saturated rings. The van der Waals surface area contributed by atoms with Gasteiger partial charge in [0.05, 0.1) is 28.5 Å². The van der Waals surface area contributed by atoms with Crippen LogP contribution in [0.3, 0.4) is 0 Å². The second-order valence-corrected chi connectivity index (χ2v) is 6.39. The second kappa shape index (κ2) is 4.26. The van der Waals surface area contributed by atoms with Gasteiger partial charge in [-0.3, -0.25) is 19.7 Å². The molecule has 1 aromatic carbocycles. The number of nitrogens with zero attached hydrogens (tertiary/aromatic N) is 2. The predicted molar refractivity (Wildman–Crippen MR) is 79.7 cm³/mol. The van der Waals surface area contributed by atoms with Gasteiger partial charge in [0.1, 0.15) is 5.69 Å². The van der Waals surface area contributed by atoms with Gasteiger partial charge in [-0.05, 0) is 25.5 Å². The van der Waals surface area contributed by atoms with E-state index in [0.717, 1.165) is 4.90 Å². The Morgan fingerprint density at radius 3 is 2.70 bits per heavy atom. The molecule has 0 radical (unpaired) electrons. The first kappa shape index (κ1) is 14.1. The van der Waals surface area contributed by atoms with Gasteiger partial charge in [0.2, 0.25) is 11.8 Å². The Balaban J connectivity index is 1.83. The molecular weight excluding hydrogens is 300 g/mol. The summed E-state index contributed by atoms with van der Waals surface area (Å²) in [5.74, 6) is -2.07. The minimum absolute atomic E-state index is 0.0352. The number of nitro groups is 1. The molecule has 3 aliphatic heterocycles. The number of nitro benzene ring substituents is 1. The van der Waals surface area contributed by atoms with Crippen LogP contribution in [0, 0.1) is 28.9 Å². The van der Waals surface area contributed by atoms with E-state index in [9.17, 15) is 19.7 Å². The molecule has 4 atom stereocenters. The number of benzene rings is 1. The van der Waals surface area contributed by atoms with Crippen LogP contribution in [-0.4, -0.2) is 28.4 Å². The third-order valence-electron chi connectivity index (χ3n) is 4.90. The highest BCUT2D eigenvalue weighted by Gasteiger charge is 2.66. The molecule has 0 spiro atoms. The van der Waals surface area contributed by atoms with Crippen molar-refractivity contribution in [2.75, 3.05) is 4.90 Å². The third-order valence-corrected chi connectivity index (χ3v) is 4.90. The largest absolute Gasteiger partial charge is 0.362 e. The first-order valence-electron chi connectivity index (χ1n) is 7.33. The van der Waals surface area contributed by atoms with E-state index >= 15 is 0 Å². The number of amides is 2. The van der Waals surface area contributed by atoms with Crippen LogP contribution < -0.4 is 4.90 Å². The SMILES string of the molecule is Cc1ccc(N2C(=O)[C@@H]3[C@H]4C=C[C@@](C)(O4)[C@H]3C2=O)c([N+](=O)[O-])c1. The van der Waals surface area contributed by atoms with Gasteiger partial charge in [0, 0.05) is 6.07 Å². The maximum Gasteiger partial charge on any atom is 0.293 e. The summed E-state index contributed by atoms with van der Waals surface area (Å²) in [6, 6.07) is 4.49. The van der Waals surface area contributed by atoms with Crippen molar-refractivity contribution in [3.05, 3.63) is 46.0 Å². The Hall–Kier alpha value is -2.54. The fourth-order valence-corrected chi connectivity index (χ4v) is 3.86. The summed E-state index contributed by atoms with van der Waals surface area (Å²) >= 11 is 0. The first-order valence-corrected chi connectivity index (χ1v) is 7.33. The van der Waals surface area contributed by atoms with E-state index in [-0.39, 0.29) is 11.4 Å². The summed E-state index contributed by atoms with van der Waals surface area (Å²) in [6.45, 7) is 3.49. The summed E-state index contributed by atoms with van der Waals surface area (Å²) in [7, 11) is 0. The Kier molecular flexibility index (Phi) is 2.61. The van der Waals surface area contributed by atoms with Gasteiger partial charge in [0.25, 0.3) is 5.69 Å². The van der Waals surface area contributed by atoms with Crippen LogP contribution in [0.1, 0.15) is 12.5 Å². The van der Waals surface area contributed by atoms with Crippen LogP contribution in [0.15, 0.2) is 30.4 Å². The molecule has 3 heterocycles. The van der Waals surface area contributed by atoms with Gasteiger partial charge in [0.15, 0.2) is 0 Å². The fourth-order valence-electron chi connectivity index (χ4n) is 3.86. The van der Waals surface area contributed by atoms with Crippen molar-refractivity contribution in [3.63, 3.8) is 0 Å². The summed E-state index contributed by atoms with van der Waals surface area (Å²) in [6.07, 6.45) is 3.16. The number of anilines is 1. The lowest BCUT2D eigenvalue weighted by Crippen LogP contribution is -2.38. The topological polar surface area (TPSA) is 89.8 Å². The zero-order valence-electron chi connectivity index (χ0n) is 12.6. The second-order valence-electron chi connectivity index (χ2n) is 6.39. The number of carbonyl (C=O) groups is 2. The van der Waals surface area contributed by atoms with Crippen LogP contribution in [0.2, 0.25) is 0 Å². The Bertz CT molecular complexity index is 802. The molecular formula is C16H14N2O5. The van der Waals surface area contributed by atoms with Crippen LogP contribution in [0.25, 0.3) is 0 Å². The first-order chi connectivity index (χ1) is 10.8. The minimum atomic E-state index is -0.809. The lowest BCUT2D eigenvalue weighted by Gasteiger charge is -2.24. The van der Waals surface area contributed by atoms with Crippen molar-refractivity contribution in [2.24, 2.45) is 11.8 Å². The number of ether oxygens (including phenoxy) is 1. The molecule has 7 nitrogen and oxygen atoms in total. The van der Waals surface area contributed by atoms with Crippen molar-refractivity contribution in [1.82, 2.24) is 0 Å². The van der Waals surface area contributed by atoms with E-state index in [2.05, 4.69) is 0 Å². The molecule has 2 bridgehead atoms. The maximum absolute atomic E-state index is 12.8. The van der Waals surface area contributed by atoms with E-state index in [1.54, 1.807) is 32.1 Å². The average molecular weight is 314 g/mol. The van der Waals surface area contributed by atoms with E-state index < -0.39 is 40.3 Å². The van der Waals surface area contributed by atoms with Crippen molar-refractivity contribution >= 4 is 23.2 Å². The van der Waals surface area contributed by atoms with E-state index in [0.29, 0.717) is 5.56 Å². The number of aryl methyl sites for hydroxylation is 1. The molecule has 4 rings (SSSR count). The number of imide groups is 1. The lowest BCUT2D eigenvalue weighted by atomic mass is 9.78. The van der Waals surface area contributed by atoms with Gasteiger partial charge in [-0.15, -0.1) is 0 Å². The van der Waals surface area contributed by atoms with Crippen LogP contribution >= 0.6 is 0 Å². The van der Waals surface area contributed by atoms with Gasteiger partial charge >= 0.3 is 0 Å². The number of fused-ring (bicyclic) bond motifs is 5. The van der Waals surface area contributed by atoms with Crippen molar-refractivity contribution in [2.45, 2.75) is 25.6 Å². The Labute approximate surface area is 131 Å². The summed E-state index contributed by atoms with van der Waals surface area (Å²) in [4.78, 5) is 37.3. The highest BCUT2D eigenvalue weighted by Crippen LogP contribution is 2.52. The van der Waals surface area contributed by atoms with Crippen LogP contribution in [0.4, 0.5) is 11.4 Å². The quantitative estimate of drug-likeness (QED) is 0.359. The maximum atomic E-state index is 12.8. The van der Waals surface area contributed by atoms with Gasteiger partial charge in [-0.1, -0.05) is 18.2 Å². The molecule has 0 N–H and O–H groups in total.